The van der Waals surface area contributed by atoms with E-state index >= 15 is 0 Å². The van der Waals surface area contributed by atoms with Gasteiger partial charge in [0.05, 0.1) is 6.61 Å². The van der Waals surface area contributed by atoms with Gasteiger partial charge < -0.3 is 19.0 Å². The summed E-state index contributed by atoms with van der Waals surface area (Å²) in [6.07, 6.45) is 0.694. The second-order valence-electron chi connectivity index (χ2n) is 5.25. The number of hydrogen-bond acceptors (Lipinski definition) is 6. The highest BCUT2D eigenvalue weighted by Crippen LogP contribution is 2.33. The molecule has 0 radical (unpaired) electrons. The van der Waals surface area contributed by atoms with Crippen molar-refractivity contribution in [1.29, 1.82) is 0 Å². The quantitative estimate of drug-likeness (QED) is 0.754. The molecule has 1 atom stereocenters. The summed E-state index contributed by atoms with van der Waals surface area (Å²) in [4.78, 5) is 4.44. The minimum absolute atomic E-state index is 0.277. The van der Waals surface area contributed by atoms with Crippen molar-refractivity contribution in [3.8, 4) is 11.7 Å². The molecule has 6 nitrogen and oxygen atoms in total. The number of likely N-dealkylation sites (N-methyl/N-ethyl adjacent to an activating group) is 1. The van der Waals surface area contributed by atoms with Gasteiger partial charge in [-0.1, -0.05) is 23.4 Å². The standard InChI is InChI=1S/C16H19N3O3/c1-10(17-2)8-14-18-16(22-19-14)15-12(9-20-3)11-6-4-5-7-13(11)21-15/h4-7,10,17H,8-9H2,1-3H3. The van der Waals surface area contributed by atoms with Gasteiger partial charge in [-0.2, -0.15) is 4.98 Å². The van der Waals surface area contributed by atoms with Crippen molar-refractivity contribution < 1.29 is 13.7 Å². The Morgan fingerprint density at radius 1 is 1.32 bits per heavy atom. The summed E-state index contributed by atoms with van der Waals surface area (Å²) in [5, 5.41) is 8.18. The number of nitrogens with one attached hydrogen (secondary N) is 1. The van der Waals surface area contributed by atoms with Crippen LogP contribution in [0.1, 0.15) is 18.3 Å². The first-order chi connectivity index (χ1) is 10.7. The Morgan fingerprint density at radius 2 is 2.14 bits per heavy atom. The van der Waals surface area contributed by atoms with Crippen molar-refractivity contribution in [3.05, 3.63) is 35.7 Å². The first kappa shape index (κ1) is 14.7. The van der Waals surface area contributed by atoms with Gasteiger partial charge in [0.25, 0.3) is 5.89 Å². The minimum atomic E-state index is 0.277. The van der Waals surface area contributed by atoms with Crippen LogP contribution in [-0.4, -0.2) is 30.3 Å². The van der Waals surface area contributed by atoms with E-state index in [-0.39, 0.29) is 6.04 Å². The topological polar surface area (TPSA) is 73.3 Å². The fourth-order valence-electron chi connectivity index (χ4n) is 2.36. The molecule has 0 aliphatic rings. The van der Waals surface area contributed by atoms with E-state index in [0.717, 1.165) is 16.5 Å². The average molecular weight is 301 g/mol. The molecule has 0 aliphatic heterocycles. The Balaban J connectivity index is 2.00. The van der Waals surface area contributed by atoms with E-state index in [2.05, 4.69) is 22.4 Å². The fraction of sp³-hybridized carbons (Fsp3) is 0.375. The molecular weight excluding hydrogens is 282 g/mol. The second-order valence-corrected chi connectivity index (χ2v) is 5.25. The van der Waals surface area contributed by atoms with Crippen LogP contribution in [0.15, 0.2) is 33.2 Å². The first-order valence-electron chi connectivity index (χ1n) is 7.22. The SMILES string of the molecule is CNC(C)Cc1noc(-c2oc3ccccc3c2COC)n1. The molecule has 22 heavy (non-hydrogen) atoms. The van der Waals surface area contributed by atoms with Gasteiger partial charge in [0.2, 0.25) is 0 Å². The molecule has 0 saturated heterocycles. The molecule has 116 valence electrons. The molecule has 3 rings (SSSR count). The predicted octanol–water partition coefficient (Wildman–Crippen LogP) is 2.78. The molecule has 1 N–H and O–H groups in total. The number of rotatable bonds is 6. The molecule has 1 unspecified atom stereocenters. The van der Waals surface area contributed by atoms with Crippen LogP contribution in [0.2, 0.25) is 0 Å². The fourth-order valence-corrected chi connectivity index (χ4v) is 2.36. The molecule has 6 heteroatoms. The summed E-state index contributed by atoms with van der Waals surface area (Å²) in [6, 6.07) is 8.09. The summed E-state index contributed by atoms with van der Waals surface area (Å²) < 4.78 is 16.6. The van der Waals surface area contributed by atoms with Crippen molar-refractivity contribution >= 4 is 11.0 Å². The lowest BCUT2D eigenvalue weighted by molar-refractivity contribution is 0.185. The van der Waals surface area contributed by atoms with Crippen LogP contribution in [0.4, 0.5) is 0 Å². The van der Waals surface area contributed by atoms with Gasteiger partial charge in [-0.25, -0.2) is 0 Å². The van der Waals surface area contributed by atoms with E-state index in [1.54, 1.807) is 7.11 Å². The first-order valence-corrected chi connectivity index (χ1v) is 7.22. The molecule has 0 saturated carbocycles. The Morgan fingerprint density at radius 3 is 2.91 bits per heavy atom. The molecule has 0 bridgehead atoms. The van der Waals surface area contributed by atoms with E-state index < -0.39 is 0 Å². The predicted molar refractivity (Wildman–Crippen MR) is 82.4 cm³/mol. The lowest BCUT2D eigenvalue weighted by Crippen LogP contribution is -2.24. The van der Waals surface area contributed by atoms with Crippen LogP contribution in [0.3, 0.4) is 0 Å². The van der Waals surface area contributed by atoms with E-state index in [4.69, 9.17) is 13.7 Å². The maximum Gasteiger partial charge on any atom is 0.294 e. The van der Waals surface area contributed by atoms with E-state index in [1.165, 1.54) is 0 Å². The van der Waals surface area contributed by atoms with Gasteiger partial charge in [0, 0.05) is 30.5 Å². The summed E-state index contributed by atoms with van der Waals surface area (Å²) in [5.41, 5.74) is 1.71. The van der Waals surface area contributed by atoms with Crippen LogP contribution in [0.5, 0.6) is 0 Å². The van der Waals surface area contributed by atoms with Crippen molar-refractivity contribution in [1.82, 2.24) is 15.5 Å². The Kier molecular flexibility index (Phi) is 4.22. The normalized spacial score (nSPS) is 12.9. The molecule has 1 aromatic carbocycles. The third-order valence-corrected chi connectivity index (χ3v) is 3.63. The summed E-state index contributed by atoms with van der Waals surface area (Å²) in [7, 11) is 3.56. The van der Waals surface area contributed by atoms with Gasteiger partial charge in [0.1, 0.15) is 5.58 Å². The van der Waals surface area contributed by atoms with Crippen molar-refractivity contribution in [2.24, 2.45) is 0 Å². The molecule has 2 aromatic heterocycles. The Bertz CT molecular complexity index is 763. The molecule has 0 fully saturated rings. The average Bonchev–Trinajstić information content (AvgIpc) is 3.12. The zero-order valence-corrected chi connectivity index (χ0v) is 12.9. The third-order valence-electron chi connectivity index (χ3n) is 3.63. The van der Waals surface area contributed by atoms with Gasteiger partial charge in [0.15, 0.2) is 11.6 Å². The van der Waals surface area contributed by atoms with Crippen molar-refractivity contribution in [2.75, 3.05) is 14.2 Å². The number of aromatic nitrogens is 2. The van der Waals surface area contributed by atoms with E-state index in [9.17, 15) is 0 Å². The monoisotopic (exact) mass is 301 g/mol. The van der Waals surface area contributed by atoms with Gasteiger partial charge in [-0.3, -0.25) is 0 Å². The number of benzene rings is 1. The lowest BCUT2D eigenvalue weighted by Gasteiger charge is -2.04. The highest BCUT2D eigenvalue weighted by Gasteiger charge is 2.21. The van der Waals surface area contributed by atoms with Crippen LogP contribution in [0.25, 0.3) is 22.6 Å². The van der Waals surface area contributed by atoms with Gasteiger partial charge in [-0.05, 0) is 20.0 Å². The maximum atomic E-state index is 5.89. The zero-order valence-electron chi connectivity index (χ0n) is 12.9. The zero-order chi connectivity index (χ0) is 15.5. The number of nitrogens with zero attached hydrogens (tertiary/aromatic N) is 2. The maximum absolute atomic E-state index is 5.89. The molecule has 3 aromatic rings. The molecule has 0 amide bonds. The summed E-state index contributed by atoms with van der Waals surface area (Å²) >= 11 is 0. The number of para-hydroxylation sites is 1. The smallest absolute Gasteiger partial charge is 0.294 e. The second kappa shape index (κ2) is 6.29. The lowest BCUT2D eigenvalue weighted by atomic mass is 10.1. The van der Waals surface area contributed by atoms with E-state index in [1.807, 2.05) is 31.3 Å². The number of fused-ring (bicyclic) bond motifs is 1. The Hall–Kier alpha value is -2.18. The summed E-state index contributed by atoms with van der Waals surface area (Å²) in [5.74, 6) is 1.63. The largest absolute Gasteiger partial charge is 0.450 e. The van der Waals surface area contributed by atoms with Crippen LogP contribution in [0, 0.1) is 0 Å². The highest BCUT2D eigenvalue weighted by atomic mass is 16.5. The molecule has 0 spiro atoms. The van der Waals surface area contributed by atoms with Crippen molar-refractivity contribution in [2.45, 2.75) is 26.0 Å². The molecular formula is C16H19N3O3. The molecule has 2 heterocycles. The summed E-state index contributed by atoms with van der Waals surface area (Å²) in [6.45, 7) is 2.49. The van der Waals surface area contributed by atoms with Crippen LogP contribution < -0.4 is 5.32 Å². The van der Waals surface area contributed by atoms with Crippen molar-refractivity contribution in [3.63, 3.8) is 0 Å². The Labute approximate surface area is 128 Å². The van der Waals surface area contributed by atoms with Crippen LogP contribution in [-0.2, 0) is 17.8 Å². The third kappa shape index (κ3) is 2.75. The number of hydrogen-bond donors (Lipinski definition) is 1. The number of ether oxygens (including phenoxy) is 1. The van der Waals surface area contributed by atoms with Gasteiger partial charge in [-0.15, -0.1) is 0 Å². The molecule has 0 aliphatic carbocycles. The van der Waals surface area contributed by atoms with E-state index in [0.29, 0.717) is 30.5 Å². The van der Waals surface area contributed by atoms with Crippen LogP contribution >= 0.6 is 0 Å². The minimum Gasteiger partial charge on any atom is -0.450 e. The number of furan rings is 1. The number of methoxy groups -OCH3 is 1. The highest BCUT2D eigenvalue weighted by molar-refractivity contribution is 5.86. The van der Waals surface area contributed by atoms with Gasteiger partial charge >= 0.3 is 0 Å².